The highest BCUT2D eigenvalue weighted by Crippen LogP contribution is 2.39. The predicted octanol–water partition coefficient (Wildman–Crippen LogP) is 0.982. The molecule has 2 heterocycles. The van der Waals surface area contributed by atoms with Crippen LogP contribution >= 0.6 is 0 Å². The number of nitrogens with one attached hydrogen (secondary N) is 2. The van der Waals surface area contributed by atoms with Crippen LogP contribution in [-0.4, -0.2) is 16.6 Å². The fourth-order valence-corrected chi connectivity index (χ4v) is 2.28. The number of nitrogens with two attached hydrogens (primary N) is 1. The van der Waals surface area contributed by atoms with Gasteiger partial charge in [0.2, 0.25) is 5.96 Å². The molecule has 0 aliphatic carbocycles. The molecule has 84 valence electrons. The smallest absolute Gasteiger partial charge is 0.205 e. The van der Waals surface area contributed by atoms with E-state index in [4.69, 9.17) is 5.73 Å². The van der Waals surface area contributed by atoms with E-state index in [-0.39, 0.29) is 11.8 Å². The first-order chi connectivity index (χ1) is 7.58. The summed E-state index contributed by atoms with van der Waals surface area (Å²) in [7, 11) is 0. The highest BCUT2D eigenvalue weighted by molar-refractivity contribution is 5.80. The maximum atomic E-state index is 5.74. The van der Waals surface area contributed by atoms with Crippen molar-refractivity contribution in [2.75, 3.05) is 5.32 Å². The number of guanidine groups is 1. The largest absolute Gasteiger partial charge is 0.369 e. The van der Waals surface area contributed by atoms with Crippen LogP contribution < -0.4 is 16.5 Å². The van der Waals surface area contributed by atoms with Gasteiger partial charge in [-0.05, 0) is 19.9 Å². The second-order valence-corrected chi connectivity index (χ2v) is 4.64. The van der Waals surface area contributed by atoms with Crippen LogP contribution in [0.4, 0.5) is 5.69 Å². The number of fused-ring (bicyclic) bond motifs is 3. The second kappa shape index (κ2) is 2.89. The van der Waals surface area contributed by atoms with E-state index in [0.29, 0.717) is 5.96 Å². The molecule has 5 nitrogen and oxygen atoms in total. The summed E-state index contributed by atoms with van der Waals surface area (Å²) in [5.74, 6) is 0.469. The number of hydrogen-bond donors (Lipinski definition) is 3. The molecule has 0 aromatic heterocycles. The lowest BCUT2D eigenvalue weighted by molar-refractivity contribution is 0.0691. The Kier molecular flexibility index (Phi) is 1.71. The van der Waals surface area contributed by atoms with Gasteiger partial charge in [0.15, 0.2) is 6.17 Å². The van der Waals surface area contributed by atoms with Crippen molar-refractivity contribution >= 4 is 11.6 Å². The molecule has 0 spiro atoms. The molecule has 1 atom stereocenters. The molecule has 0 amide bonds. The number of aliphatic imine (C=N–C) groups is 1. The van der Waals surface area contributed by atoms with Gasteiger partial charge in [0.05, 0.1) is 0 Å². The quantitative estimate of drug-likeness (QED) is 0.606. The highest BCUT2D eigenvalue weighted by atomic mass is 15.7. The Morgan fingerprint density at radius 1 is 1.38 bits per heavy atom. The Hall–Kier alpha value is -1.75. The lowest BCUT2D eigenvalue weighted by Gasteiger charge is -2.44. The number of nitrogens with zero attached hydrogens (tertiary/aromatic N) is 2. The first kappa shape index (κ1) is 9.47. The number of hydrazine groups is 1. The van der Waals surface area contributed by atoms with E-state index in [1.807, 2.05) is 17.1 Å². The molecule has 2 aliphatic heterocycles. The van der Waals surface area contributed by atoms with Gasteiger partial charge < -0.3 is 11.1 Å². The zero-order valence-corrected chi connectivity index (χ0v) is 9.36. The Morgan fingerprint density at radius 3 is 2.94 bits per heavy atom. The monoisotopic (exact) mass is 217 g/mol. The van der Waals surface area contributed by atoms with Gasteiger partial charge in [0, 0.05) is 11.3 Å². The van der Waals surface area contributed by atoms with E-state index in [2.05, 4.69) is 41.7 Å². The van der Waals surface area contributed by atoms with Crippen molar-refractivity contribution in [3.8, 4) is 0 Å². The van der Waals surface area contributed by atoms with E-state index in [0.717, 1.165) is 11.3 Å². The molecule has 3 rings (SSSR count). The summed E-state index contributed by atoms with van der Waals surface area (Å²) >= 11 is 0. The highest BCUT2D eigenvalue weighted by Gasteiger charge is 2.42. The molecule has 0 unspecified atom stereocenters. The zero-order valence-electron chi connectivity index (χ0n) is 9.36. The Labute approximate surface area is 94.3 Å². The van der Waals surface area contributed by atoms with Gasteiger partial charge in [-0.25, -0.2) is 4.99 Å². The minimum absolute atomic E-state index is 0.0348. The van der Waals surface area contributed by atoms with Crippen molar-refractivity contribution in [3.05, 3.63) is 29.8 Å². The Bertz CT molecular complexity index is 465. The fraction of sp³-hybridized carbons (Fsp3) is 0.364. The summed E-state index contributed by atoms with van der Waals surface area (Å²) in [6.07, 6.45) is -0.0348. The van der Waals surface area contributed by atoms with E-state index >= 15 is 0 Å². The van der Waals surface area contributed by atoms with Gasteiger partial charge in [-0.15, -0.1) is 0 Å². The summed E-state index contributed by atoms with van der Waals surface area (Å²) in [5.41, 5.74) is 10.9. The van der Waals surface area contributed by atoms with Crippen LogP contribution in [0.5, 0.6) is 0 Å². The minimum Gasteiger partial charge on any atom is -0.369 e. The molecule has 16 heavy (non-hydrogen) atoms. The molecule has 1 aromatic rings. The number of rotatable bonds is 0. The standard InChI is InChI=1S/C11H15N5/c1-11(2)14-8-6-4-3-5-7(8)9-13-10(12)15-16(9)11/h3-6,9,14H,1-2H3,(H3,12,13,15)/t9-/m0/s1. The minimum atomic E-state index is -0.219. The van der Waals surface area contributed by atoms with E-state index in [1.165, 1.54) is 0 Å². The molecule has 0 saturated carbocycles. The van der Waals surface area contributed by atoms with Crippen LogP contribution in [-0.2, 0) is 0 Å². The number of anilines is 1. The van der Waals surface area contributed by atoms with Gasteiger partial charge in [-0.2, -0.15) is 5.01 Å². The van der Waals surface area contributed by atoms with Gasteiger partial charge >= 0.3 is 0 Å². The van der Waals surface area contributed by atoms with Crippen molar-refractivity contribution in [2.45, 2.75) is 25.7 Å². The van der Waals surface area contributed by atoms with Gasteiger partial charge in [-0.3, -0.25) is 5.43 Å². The average molecular weight is 217 g/mol. The fourth-order valence-electron chi connectivity index (χ4n) is 2.28. The molecule has 0 bridgehead atoms. The van der Waals surface area contributed by atoms with Crippen LogP contribution in [0.25, 0.3) is 0 Å². The number of benzene rings is 1. The van der Waals surface area contributed by atoms with Crippen molar-refractivity contribution < 1.29 is 0 Å². The normalized spacial score (nSPS) is 26.1. The molecule has 5 heteroatoms. The second-order valence-electron chi connectivity index (χ2n) is 4.64. The molecule has 2 aliphatic rings. The molecular weight excluding hydrogens is 202 g/mol. The topological polar surface area (TPSA) is 65.7 Å². The van der Waals surface area contributed by atoms with Crippen LogP contribution in [0.2, 0.25) is 0 Å². The van der Waals surface area contributed by atoms with Gasteiger partial charge in [0.25, 0.3) is 0 Å². The third-order valence-electron chi connectivity index (χ3n) is 3.02. The third kappa shape index (κ3) is 1.18. The van der Waals surface area contributed by atoms with E-state index < -0.39 is 0 Å². The Morgan fingerprint density at radius 2 is 2.12 bits per heavy atom. The molecule has 4 N–H and O–H groups in total. The molecule has 0 saturated heterocycles. The van der Waals surface area contributed by atoms with Gasteiger partial charge in [-0.1, -0.05) is 18.2 Å². The lowest BCUT2D eigenvalue weighted by Crippen LogP contribution is -2.58. The van der Waals surface area contributed by atoms with Crippen LogP contribution in [0.3, 0.4) is 0 Å². The number of hydrogen-bond acceptors (Lipinski definition) is 5. The maximum absolute atomic E-state index is 5.74. The van der Waals surface area contributed by atoms with Crippen molar-refractivity contribution in [2.24, 2.45) is 10.7 Å². The first-order valence-corrected chi connectivity index (χ1v) is 5.34. The summed E-state index contributed by atoms with van der Waals surface area (Å²) < 4.78 is 0. The predicted molar refractivity (Wildman–Crippen MR) is 63.5 cm³/mol. The van der Waals surface area contributed by atoms with E-state index in [1.54, 1.807) is 0 Å². The van der Waals surface area contributed by atoms with Gasteiger partial charge in [0.1, 0.15) is 5.66 Å². The van der Waals surface area contributed by atoms with E-state index in [9.17, 15) is 0 Å². The van der Waals surface area contributed by atoms with Crippen LogP contribution in [0, 0.1) is 0 Å². The third-order valence-corrected chi connectivity index (χ3v) is 3.02. The average Bonchev–Trinajstić information content (AvgIpc) is 2.61. The SMILES string of the molecule is CC1(C)Nc2ccccc2[C@H]2N=C(N)NN21. The van der Waals surface area contributed by atoms with Crippen molar-refractivity contribution in [1.82, 2.24) is 10.4 Å². The summed E-state index contributed by atoms with van der Waals surface area (Å²) in [5, 5.41) is 5.50. The first-order valence-electron chi connectivity index (χ1n) is 5.34. The maximum Gasteiger partial charge on any atom is 0.205 e. The van der Waals surface area contributed by atoms with Crippen molar-refractivity contribution in [3.63, 3.8) is 0 Å². The number of para-hydroxylation sites is 1. The van der Waals surface area contributed by atoms with Crippen LogP contribution in [0.1, 0.15) is 25.6 Å². The summed E-state index contributed by atoms with van der Waals surface area (Å²) in [4.78, 5) is 4.42. The molecule has 1 aromatic carbocycles. The summed E-state index contributed by atoms with van der Waals surface area (Å²) in [6.45, 7) is 4.19. The summed E-state index contributed by atoms with van der Waals surface area (Å²) in [6, 6.07) is 8.17. The molecular formula is C11H15N5. The van der Waals surface area contributed by atoms with Crippen molar-refractivity contribution in [1.29, 1.82) is 0 Å². The molecule has 0 fully saturated rings. The molecule has 0 radical (unpaired) electrons. The lowest BCUT2D eigenvalue weighted by atomic mass is 10.0. The zero-order chi connectivity index (χ0) is 11.3. The van der Waals surface area contributed by atoms with Crippen LogP contribution in [0.15, 0.2) is 29.3 Å². The Balaban J connectivity index is 2.14.